The van der Waals surface area contributed by atoms with Crippen molar-refractivity contribution in [1.29, 1.82) is 0 Å². The van der Waals surface area contributed by atoms with Crippen molar-refractivity contribution in [3.63, 3.8) is 0 Å². The highest BCUT2D eigenvalue weighted by molar-refractivity contribution is 5.41. The molecule has 6 heteroatoms. The van der Waals surface area contributed by atoms with E-state index in [1.165, 1.54) is 0 Å². The normalized spacial score (nSPS) is 13.6. The molecule has 2 unspecified atom stereocenters. The molecular formula is C25H36O6. The molecular weight excluding hydrogens is 396 g/mol. The zero-order valence-electron chi connectivity index (χ0n) is 19.0. The summed E-state index contributed by atoms with van der Waals surface area (Å²) >= 11 is 0. The fraction of sp³-hybridized carbons (Fsp3) is 0.520. The van der Waals surface area contributed by atoms with Gasteiger partial charge in [-0.1, -0.05) is 38.1 Å². The quantitative estimate of drug-likeness (QED) is 0.475. The van der Waals surface area contributed by atoms with Crippen LogP contribution in [0, 0.1) is 0 Å². The number of ether oxygens (including phenoxy) is 4. The van der Waals surface area contributed by atoms with Gasteiger partial charge >= 0.3 is 0 Å². The van der Waals surface area contributed by atoms with Crippen LogP contribution in [-0.4, -0.2) is 62.1 Å². The third-order valence-electron chi connectivity index (χ3n) is 5.07. The van der Waals surface area contributed by atoms with Crippen molar-refractivity contribution in [2.75, 3.05) is 39.6 Å². The molecule has 0 aliphatic heterocycles. The lowest BCUT2D eigenvalue weighted by molar-refractivity contribution is 0.0164. The molecule has 2 aromatic carbocycles. The Balaban J connectivity index is 1.93. The summed E-state index contributed by atoms with van der Waals surface area (Å²) < 4.78 is 21.7. The van der Waals surface area contributed by atoms with Gasteiger partial charge in [-0.15, -0.1) is 0 Å². The first-order valence-electron chi connectivity index (χ1n) is 10.8. The number of benzene rings is 2. The average molecular weight is 433 g/mol. The van der Waals surface area contributed by atoms with Gasteiger partial charge in [0.15, 0.2) is 0 Å². The van der Waals surface area contributed by atoms with Gasteiger partial charge in [-0.25, -0.2) is 0 Å². The molecule has 0 bridgehead atoms. The van der Waals surface area contributed by atoms with E-state index in [0.717, 1.165) is 11.1 Å². The van der Waals surface area contributed by atoms with E-state index in [4.69, 9.17) is 18.9 Å². The highest BCUT2D eigenvalue weighted by Gasteiger charge is 2.23. The maximum absolute atomic E-state index is 9.82. The minimum Gasteiger partial charge on any atom is -0.491 e. The van der Waals surface area contributed by atoms with Gasteiger partial charge in [0.1, 0.15) is 36.9 Å². The topological polar surface area (TPSA) is 77.4 Å². The van der Waals surface area contributed by atoms with Crippen molar-refractivity contribution in [3.8, 4) is 11.5 Å². The van der Waals surface area contributed by atoms with Crippen molar-refractivity contribution >= 4 is 0 Å². The SMILES string of the molecule is CCOCC(O)COc1ccc(C(C)(C)c2ccc(OCC(O)COCC)cc2)cc1. The molecule has 2 rings (SSSR count). The molecule has 0 aliphatic carbocycles. The summed E-state index contributed by atoms with van der Waals surface area (Å²) in [4.78, 5) is 0. The van der Waals surface area contributed by atoms with Crippen LogP contribution < -0.4 is 9.47 Å². The largest absolute Gasteiger partial charge is 0.491 e. The van der Waals surface area contributed by atoms with Gasteiger partial charge in [0.25, 0.3) is 0 Å². The van der Waals surface area contributed by atoms with Crippen LogP contribution in [0.15, 0.2) is 48.5 Å². The predicted molar refractivity (Wildman–Crippen MR) is 121 cm³/mol. The molecule has 0 saturated carbocycles. The number of rotatable bonds is 14. The molecule has 0 spiro atoms. The summed E-state index contributed by atoms with van der Waals surface area (Å²) in [6.45, 7) is 10.2. The van der Waals surface area contributed by atoms with Crippen LogP contribution in [-0.2, 0) is 14.9 Å². The molecule has 2 N–H and O–H groups in total. The van der Waals surface area contributed by atoms with E-state index in [1.807, 2.05) is 62.4 Å². The first-order valence-corrected chi connectivity index (χ1v) is 10.8. The lowest BCUT2D eigenvalue weighted by Gasteiger charge is -2.26. The molecule has 2 aromatic rings. The maximum Gasteiger partial charge on any atom is 0.119 e. The second kappa shape index (κ2) is 12.7. The van der Waals surface area contributed by atoms with Crippen molar-refractivity contribution in [2.45, 2.75) is 45.3 Å². The van der Waals surface area contributed by atoms with E-state index in [0.29, 0.717) is 24.7 Å². The Hall–Kier alpha value is -2.12. The highest BCUT2D eigenvalue weighted by Crippen LogP contribution is 2.33. The van der Waals surface area contributed by atoms with Crippen LogP contribution >= 0.6 is 0 Å². The summed E-state index contributed by atoms with van der Waals surface area (Å²) in [5, 5.41) is 19.6. The monoisotopic (exact) mass is 432 g/mol. The van der Waals surface area contributed by atoms with E-state index in [-0.39, 0.29) is 31.8 Å². The minimum atomic E-state index is -0.642. The van der Waals surface area contributed by atoms with Gasteiger partial charge in [0.05, 0.1) is 13.2 Å². The maximum atomic E-state index is 9.82. The van der Waals surface area contributed by atoms with Crippen LogP contribution in [0.4, 0.5) is 0 Å². The van der Waals surface area contributed by atoms with Gasteiger partial charge in [-0.2, -0.15) is 0 Å². The summed E-state index contributed by atoms with van der Waals surface area (Å²) in [5.74, 6) is 1.42. The molecule has 2 atom stereocenters. The zero-order valence-corrected chi connectivity index (χ0v) is 19.0. The van der Waals surface area contributed by atoms with Crippen molar-refractivity contribution in [2.24, 2.45) is 0 Å². The first-order chi connectivity index (χ1) is 14.9. The molecule has 0 amide bonds. The lowest BCUT2D eigenvalue weighted by atomic mass is 9.78. The molecule has 0 saturated heterocycles. The van der Waals surface area contributed by atoms with Gasteiger partial charge in [-0.3, -0.25) is 0 Å². The number of aliphatic hydroxyl groups is 2. The van der Waals surface area contributed by atoms with Crippen LogP contribution in [0.3, 0.4) is 0 Å². The third kappa shape index (κ3) is 8.15. The molecule has 6 nitrogen and oxygen atoms in total. The Labute approximate surface area is 185 Å². The minimum absolute atomic E-state index is 0.198. The summed E-state index contributed by atoms with van der Waals surface area (Å²) in [6, 6.07) is 15.8. The Morgan fingerprint density at radius 2 is 1.00 bits per heavy atom. The van der Waals surface area contributed by atoms with E-state index in [1.54, 1.807) is 0 Å². The van der Waals surface area contributed by atoms with Crippen LogP contribution in [0.5, 0.6) is 11.5 Å². The average Bonchev–Trinajstić information content (AvgIpc) is 2.79. The summed E-state index contributed by atoms with van der Waals surface area (Å²) in [5.41, 5.74) is 2.09. The third-order valence-corrected chi connectivity index (χ3v) is 5.07. The number of aliphatic hydroxyl groups excluding tert-OH is 2. The van der Waals surface area contributed by atoms with E-state index in [9.17, 15) is 10.2 Å². The van der Waals surface area contributed by atoms with Crippen LogP contribution in [0.1, 0.15) is 38.8 Å². The predicted octanol–water partition coefficient (Wildman–Crippen LogP) is 3.56. The molecule has 172 valence electrons. The Bertz CT molecular complexity index is 678. The van der Waals surface area contributed by atoms with Gasteiger partial charge < -0.3 is 29.2 Å². The standard InChI is InChI=1S/C25H36O6/c1-5-28-15-21(26)17-30-23-11-7-19(8-12-23)25(3,4)20-9-13-24(14-10-20)31-18-22(27)16-29-6-2/h7-14,21-22,26-27H,5-6,15-18H2,1-4H3. The molecule has 31 heavy (non-hydrogen) atoms. The molecule has 0 heterocycles. The van der Waals surface area contributed by atoms with Gasteiger partial charge in [0.2, 0.25) is 0 Å². The number of hydrogen-bond donors (Lipinski definition) is 2. The second-order valence-electron chi connectivity index (χ2n) is 7.92. The number of hydrogen-bond acceptors (Lipinski definition) is 6. The Morgan fingerprint density at radius 3 is 1.32 bits per heavy atom. The smallest absolute Gasteiger partial charge is 0.119 e. The summed E-state index contributed by atoms with van der Waals surface area (Å²) in [7, 11) is 0. The molecule has 0 aliphatic rings. The Kier molecular flexibility index (Phi) is 10.3. The molecule has 0 radical (unpaired) electrons. The molecule has 0 fully saturated rings. The summed E-state index contributed by atoms with van der Waals surface area (Å²) in [6.07, 6.45) is -1.28. The van der Waals surface area contributed by atoms with Crippen molar-refractivity contribution in [1.82, 2.24) is 0 Å². The fourth-order valence-corrected chi connectivity index (χ4v) is 3.09. The Morgan fingerprint density at radius 1 is 0.645 bits per heavy atom. The van der Waals surface area contributed by atoms with E-state index in [2.05, 4.69) is 13.8 Å². The highest BCUT2D eigenvalue weighted by atomic mass is 16.5. The second-order valence-corrected chi connectivity index (χ2v) is 7.92. The van der Waals surface area contributed by atoms with Gasteiger partial charge in [0, 0.05) is 18.6 Å². The van der Waals surface area contributed by atoms with Crippen LogP contribution in [0.25, 0.3) is 0 Å². The zero-order chi connectivity index (χ0) is 22.7. The van der Waals surface area contributed by atoms with E-state index < -0.39 is 12.2 Å². The van der Waals surface area contributed by atoms with Gasteiger partial charge in [-0.05, 0) is 49.2 Å². The van der Waals surface area contributed by atoms with Crippen LogP contribution in [0.2, 0.25) is 0 Å². The van der Waals surface area contributed by atoms with E-state index >= 15 is 0 Å². The van der Waals surface area contributed by atoms with Crippen molar-refractivity contribution < 1.29 is 29.2 Å². The fourth-order valence-electron chi connectivity index (χ4n) is 3.09. The first kappa shape index (κ1) is 25.1. The lowest BCUT2D eigenvalue weighted by Crippen LogP contribution is -2.23. The molecule has 0 aromatic heterocycles. The van der Waals surface area contributed by atoms with Crippen molar-refractivity contribution in [3.05, 3.63) is 59.7 Å².